The Balaban J connectivity index is 1.59. The molecule has 1 aliphatic heterocycles. The number of anilines is 2. The van der Waals surface area contributed by atoms with Gasteiger partial charge in [0.05, 0.1) is 36.7 Å². The number of hydrogen-bond acceptors (Lipinski definition) is 7. The van der Waals surface area contributed by atoms with E-state index in [-0.39, 0.29) is 37.1 Å². The molecule has 0 radical (unpaired) electrons. The van der Waals surface area contributed by atoms with Crippen LogP contribution in [0.4, 0.5) is 33.3 Å². The zero-order chi connectivity index (χ0) is 21.0. The van der Waals surface area contributed by atoms with Gasteiger partial charge in [0.15, 0.2) is 0 Å². The fourth-order valence-electron chi connectivity index (χ4n) is 2.43. The normalized spacial score (nSPS) is 15.1. The highest BCUT2D eigenvalue weighted by atomic mass is 19.4. The molecular weight excluding hydrogens is 399 g/mol. The molecule has 2 aromatic rings. The van der Waals surface area contributed by atoms with E-state index in [1.807, 2.05) is 0 Å². The summed E-state index contributed by atoms with van der Waals surface area (Å²) in [6, 6.07) is 2.39. The van der Waals surface area contributed by atoms with Crippen LogP contribution in [0, 0.1) is 11.3 Å². The Morgan fingerprint density at radius 1 is 1.31 bits per heavy atom. The van der Waals surface area contributed by atoms with Crippen LogP contribution in [0.15, 0.2) is 47.6 Å². The van der Waals surface area contributed by atoms with Crippen LogP contribution in [0.5, 0.6) is 6.01 Å². The molecule has 29 heavy (non-hydrogen) atoms. The molecular formula is C17H15F5N6O. The van der Waals surface area contributed by atoms with Crippen molar-refractivity contribution >= 4 is 11.4 Å². The Morgan fingerprint density at radius 3 is 2.59 bits per heavy atom. The molecule has 3 rings (SSSR count). The average molecular weight is 414 g/mol. The largest absolute Gasteiger partial charge is 0.457 e. The van der Waals surface area contributed by atoms with Crippen LogP contribution in [0.1, 0.15) is 5.56 Å². The van der Waals surface area contributed by atoms with E-state index >= 15 is 0 Å². The number of alkyl halides is 4. The van der Waals surface area contributed by atoms with Gasteiger partial charge < -0.3 is 15.0 Å². The van der Waals surface area contributed by atoms with Crippen molar-refractivity contribution in [3.8, 4) is 6.01 Å². The molecule has 2 heterocycles. The molecule has 0 saturated carbocycles. The van der Waals surface area contributed by atoms with Crippen molar-refractivity contribution in [3.05, 3.63) is 53.9 Å². The summed E-state index contributed by atoms with van der Waals surface area (Å²) in [5.41, 5.74) is 6.34. The minimum atomic E-state index is -4.83. The number of benzene rings is 1. The molecule has 1 fully saturated rings. The van der Waals surface area contributed by atoms with Crippen molar-refractivity contribution in [2.24, 2.45) is 5.11 Å². The molecule has 7 nitrogen and oxygen atoms in total. The van der Waals surface area contributed by atoms with E-state index in [1.165, 1.54) is 12.4 Å². The summed E-state index contributed by atoms with van der Waals surface area (Å²) >= 11 is 0. The minimum absolute atomic E-state index is 0.0123. The lowest BCUT2D eigenvalue weighted by Gasteiger charge is -2.35. The van der Waals surface area contributed by atoms with Crippen molar-refractivity contribution in [1.29, 1.82) is 5.53 Å². The van der Waals surface area contributed by atoms with E-state index in [0.717, 1.165) is 12.3 Å². The molecule has 0 spiro atoms. The van der Waals surface area contributed by atoms with Crippen molar-refractivity contribution in [1.82, 2.24) is 9.97 Å². The Bertz CT molecular complexity index is 896. The summed E-state index contributed by atoms with van der Waals surface area (Å²) in [7, 11) is 0. The second-order valence-corrected chi connectivity index (χ2v) is 6.10. The number of rotatable bonds is 7. The molecule has 0 atom stereocenters. The molecule has 12 heteroatoms. The van der Waals surface area contributed by atoms with Crippen molar-refractivity contribution < 1.29 is 26.7 Å². The van der Waals surface area contributed by atoms with Crippen LogP contribution in [0.3, 0.4) is 0 Å². The number of nitrogens with one attached hydrogen (secondary N) is 2. The van der Waals surface area contributed by atoms with E-state index < -0.39 is 23.7 Å². The van der Waals surface area contributed by atoms with E-state index in [0.29, 0.717) is 17.8 Å². The maximum absolute atomic E-state index is 13.3. The smallest absolute Gasteiger partial charge is 0.419 e. The fraction of sp³-hybridized carbons (Fsp3) is 0.294. The lowest BCUT2D eigenvalue weighted by Crippen LogP contribution is -2.48. The topological polar surface area (TPSA) is 86.5 Å². The molecule has 1 aromatic carbocycles. The van der Waals surface area contributed by atoms with Crippen molar-refractivity contribution in [2.45, 2.75) is 12.3 Å². The Labute approximate surface area is 161 Å². The van der Waals surface area contributed by atoms with E-state index in [9.17, 15) is 22.0 Å². The van der Waals surface area contributed by atoms with E-state index in [1.54, 1.807) is 4.90 Å². The third-order valence-corrected chi connectivity index (χ3v) is 3.99. The van der Waals surface area contributed by atoms with Crippen molar-refractivity contribution in [2.75, 3.05) is 29.9 Å². The first-order valence-corrected chi connectivity index (χ1v) is 8.30. The third kappa shape index (κ3) is 5.15. The van der Waals surface area contributed by atoms with Crippen LogP contribution in [0.25, 0.3) is 0 Å². The van der Waals surface area contributed by atoms with Gasteiger partial charge in [-0.3, -0.25) is 0 Å². The molecule has 0 amide bonds. The monoisotopic (exact) mass is 414 g/mol. The highest BCUT2D eigenvalue weighted by Crippen LogP contribution is 2.33. The molecule has 154 valence electrons. The van der Waals surface area contributed by atoms with Gasteiger partial charge in [0, 0.05) is 11.9 Å². The molecule has 0 unspecified atom stereocenters. The van der Waals surface area contributed by atoms with E-state index in [4.69, 9.17) is 10.3 Å². The lowest BCUT2D eigenvalue weighted by atomic mass is 10.2. The van der Waals surface area contributed by atoms with Gasteiger partial charge in [-0.25, -0.2) is 24.3 Å². The SMILES string of the molecule is N=N/C(=C\Nc1ccc(F)c(C(F)(F)F)c1)COc1ncc(N2CC(F)C2)cn1. The number of aromatic nitrogens is 2. The van der Waals surface area contributed by atoms with Gasteiger partial charge in [-0.15, -0.1) is 0 Å². The zero-order valence-electron chi connectivity index (χ0n) is 14.7. The van der Waals surface area contributed by atoms with Crippen molar-refractivity contribution in [3.63, 3.8) is 0 Å². The molecule has 0 aliphatic carbocycles. The Kier molecular flexibility index (Phi) is 5.89. The number of nitrogens with zero attached hydrogens (tertiary/aromatic N) is 4. The summed E-state index contributed by atoms with van der Waals surface area (Å²) in [6.45, 7) is 0.317. The standard InChI is InChI=1S/C17H15F5N6O/c18-10-7-28(8-10)13-5-25-16(26-6-13)29-9-12(27-23)4-24-11-1-2-15(19)14(3-11)17(20,21)22/h1-6,10,23-24H,7-9H2/b12-4-,27-23?. The van der Waals surface area contributed by atoms with Crippen LogP contribution < -0.4 is 15.0 Å². The zero-order valence-corrected chi connectivity index (χ0v) is 14.7. The summed E-state index contributed by atoms with van der Waals surface area (Å²) in [5, 5.41) is 5.71. The molecule has 0 bridgehead atoms. The second kappa shape index (κ2) is 8.37. The Morgan fingerprint density at radius 2 is 2.00 bits per heavy atom. The minimum Gasteiger partial charge on any atom is -0.457 e. The van der Waals surface area contributed by atoms with Gasteiger partial charge in [0.1, 0.15) is 24.3 Å². The molecule has 1 saturated heterocycles. The van der Waals surface area contributed by atoms with Gasteiger partial charge in [0.25, 0.3) is 0 Å². The first-order chi connectivity index (χ1) is 13.8. The molecule has 1 aliphatic rings. The van der Waals surface area contributed by atoms with Crippen LogP contribution in [-0.2, 0) is 6.18 Å². The highest BCUT2D eigenvalue weighted by molar-refractivity contribution is 5.49. The number of hydrogen-bond donors (Lipinski definition) is 2. The predicted octanol–water partition coefficient (Wildman–Crippen LogP) is 4.16. The van der Waals surface area contributed by atoms with Gasteiger partial charge >= 0.3 is 12.2 Å². The lowest BCUT2D eigenvalue weighted by molar-refractivity contribution is -0.139. The molecule has 2 N–H and O–H groups in total. The maximum atomic E-state index is 13.3. The molecule has 1 aromatic heterocycles. The van der Waals surface area contributed by atoms with Gasteiger partial charge in [-0.05, 0) is 18.2 Å². The third-order valence-electron chi connectivity index (χ3n) is 3.99. The number of ether oxygens (including phenoxy) is 1. The quantitative estimate of drug-likeness (QED) is 0.525. The van der Waals surface area contributed by atoms with Crippen LogP contribution in [-0.4, -0.2) is 35.8 Å². The highest BCUT2D eigenvalue weighted by Gasteiger charge is 2.34. The van der Waals surface area contributed by atoms with Gasteiger partial charge in [0.2, 0.25) is 0 Å². The predicted molar refractivity (Wildman–Crippen MR) is 92.9 cm³/mol. The summed E-state index contributed by atoms with van der Waals surface area (Å²) in [4.78, 5) is 9.68. The summed E-state index contributed by atoms with van der Waals surface area (Å²) in [6.07, 6.45) is -1.62. The van der Waals surface area contributed by atoms with E-state index in [2.05, 4.69) is 20.4 Å². The van der Waals surface area contributed by atoms with Crippen LogP contribution >= 0.6 is 0 Å². The second-order valence-electron chi connectivity index (χ2n) is 6.10. The van der Waals surface area contributed by atoms with Gasteiger partial charge in [-0.2, -0.15) is 18.3 Å². The first kappa shape index (κ1) is 20.4. The van der Waals surface area contributed by atoms with Gasteiger partial charge in [-0.1, -0.05) is 0 Å². The Hall–Kier alpha value is -3.31. The fourth-order valence-corrected chi connectivity index (χ4v) is 2.43. The summed E-state index contributed by atoms with van der Waals surface area (Å²) in [5.74, 6) is -1.39. The maximum Gasteiger partial charge on any atom is 0.419 e. The summed E-state index contributed by atoms with van der Waals surface area (Å²) < 4.78 is 69.6. The number of halogens is 5. The van der Waals surface area contributed by atoms with Crippen LogP contribution in [0.2, 0.25) is 0 Å². The first-order valence-electron chi connectivity index (χ1n) is 8.30. The average Bonchev–Trinajstić information content (AvgIpc) is 2.66.